The molecule has 26 heavy (non-hydrogen) atoms. The lowest BCUT2D eigenvalue weighted by molar-refractivity contribution is -0.138. The average Bonchev–Trinajstić information content (AvgIpc) is 3.02. The van der Waals surface area contributed by atoms with Crippen molar-refractivity contribution in [2.75, 3.05) is 7.05 Å². The molecule has 0 aliphatic heterocycles. The number of benzene rings is 1. The smallest absolute Gasteiger partial charge is 0.352 e. The van der Waals surface area contributed by atoms with E-state index in [-0.39, 0.29) is 36.1 Å². The zero-order valence-corrected chi connectivity index (χ0v) is 16.5. The standard InChI is InChI=1S/C15H18F4N6.HI/c1-3-25-9-23-24-13(25)8-22-14(20-2)21-7-10-4-5-11(16)6-12(10)15(17,18)19;/h4-6,9H,3,7-8H2,1-2H3,(H2,20,21,22);1H. The lowest BCUT2D eigenvalue weighted by atomic mass is 10.1. The van der Waals surface area contributed by atoms with E-state index in [0.29, 0.717) is 30.9 Å². The van der Waals surface area contributed by atoms with Crippen LogP contribution in [-0.2, 0) is 25.8 Å². The number of nitrogens with one attached hydrogen (secondary N) is 2. The maximum atomic E-state index is 13.1. The first-order chi connectivity index (χ1) is 11.8. The number of aryl methyl sites for hydroxylation is 1. The maximum Gasteiger partial charge on any atom is 0.416 e. The van der Waals surface area contributed by atoms with Crippen molar-refractivity contribution in [2.24, 2.45) is 4.99 Å². The van der Waals surface area contributed by atoms with Gasteiger partial charge in [-0.2, -0.15) is 13.2 Å². The van der Waals surface area contributed by atoms with Gasteiger partial charge in [-0.1, -0.05) is 6.07 Å². The van der Waals surface area contributed by atoms with Crippen LogP contribution in [-0.4, -0.2) is 27.8 Å². The van der Waals surface area contributed by atoms with Gasteiger partial charge in [0.05, 0.1) is 12.1 Å². The Hall–Kier alpha value is -1.92. The second-order valence-electron chi connectivity index (χ2n) is 5.11. The fourth-order valence-corrected chi connectivity index (χ4v) is 2.21. The van der Waals surface area contributed by atoms with Crippen LogP contribution in [0.4, 0.5) is 17.6 Å². The third kappa shape index (κ3) is 5.81. The first-order valence-corrected chi connectivity index (χ1v) is 7.52. The summed E-state index contributed by atoms with van der Waals surface area (Å²) in [6, 6.07) is 2.58. The van der Waals surface area contributed by atoms with Gasteiger partial charge in [0, 0.05) is 20.1 Å². The summed E-state index contributed by atoms with van der Waals surface area (Å²) in [5, 5.41) is 13.5. The molecular weight excluding hydrogens is 467 g/mol. The molecule has 0 radical (unpaired) electrons. The van der Waals surface area contributed by atoms with Crippen molar-refractivity contribution in [3.63, 3.8) is 0 Å². The van der Waals surface area contributed by atoms with Crippen LogP contribution in [0.1, 0.15) is 23.9 Å². The van der Waals surface area contributed by atoms with E-state index in [9.17, 15) is 17.6 Å². The van der Waals surface area contributed by atoms with Crippen LogP contribution < -0.4 is 10.6 Å². The zero-order valence-electron chi connectivity index (χ0n) is 14.1. The van der Waals surface area contributed by atoms with E-state index in [2.05, 4.69) is 25.8 Å². The van der Waals surface area contributed by atoms with Gasteiger partial charge in [0.1, 0.15) is 12.1 Å². The monoisotopic (exact) mass is 486 g/mol. The summed E-state index contributed by atoms with van der Waals surface area (Å²) >= 11 is 0. The highest BCUT2D eigenvalue weighted by molar-refractivity contribution is 14.0. The predicted octanol–water partition coefficient (Wildman–Crippen LogP) is 2.94. The molecule has 6 nitrogen and oxygen atoms in total. The highest BCUT2D eigenvalue weighted by Gasteiger charge is 2.33. The van der Waals surface area contributed by atoms with E-state index >= 15 is 0 Å². The third-order valence-corrected chi connectivity index (χ3v) is 3.50. The molecule has 1 heterocycles. The Labute approximate surface area is 165 Å². The topological polar surface area (TPSA) is 67.1 Å². The lowest BCUT2D eigenvalue weighted by Gasteiger charge is -2.16. The number of guanidine groups is 1. The van der Waals surface area contributed by atoms with E-state index in [4.69, 9.17) is 0 Å². The zero-order chi connectivity index (χ0) is 18.4. The van der Waals surface area contributed by atoms with Crippen LogP contribution in [0.2, 0.25) is 0 Å². The van der Waals surface area contributed by atoms with Crippen LogP contribution >= 0.6 is 24.0 Å². The van der Waals surface area contributed by atoms with Crippen molar-refractivity contribution in [2.45, 2.75) is 32.7 Å². The molecule has 1 aromatic heterocycles. The van der Waals surface area contributed by atoms with E-state index in [1.165, 1.54) is 7.05 Å². The van der Waals surface area contributed by atoms with Gasteiger partial charge in [-0.25, -0.2) is 4.39 Å². The van der Waals surface area contributed by atoms with E-state index in [1.807, 2.05) is 11.5 Å². The number of aromatic nitrogens is 3. The van der Waals surface area contributed by atoms with E-state index in [1.54, 1.807) is 6.33 Å². The molecule has 0 aliphatic rings. The summed E-state index contributed by atoms with van der Waals surface area (Å²) < 4.78 is 53.9. The summed E-state index contributed by atoms with van der Waals surface area (Å²) in [5.41, 5.74) is -1.09. The normalized spacial score (nSPS) is 11.8. The van der Waals surface area contributed by atoms with Gasteiger partial charge in [0.25, 0.3) is 0 Å². The molecule has 11 heteroatoms. The van der Waals surface area contributed by atoms with Crippen molar-refractivity contribution in [3.05, 3.63) is 47.3 Å². The Balaban J connectivity index is 0.00000338. The Morgan fingerprint density at radius 3 is 2.54 bits per heavy atom. The minimum atomic E-state index is -4.63. The second kappa shape index (κ2) is 9.69. The molecular formula is C15H19F4IN6. The lowest BCUT2D eigenvalue weighted by Crippen LogP contribution is -2.37. The van der Waals surface area contributed by atoms with Crippen molar-refractivity contribution < 1.29 is 17.6 Å². The van der Waals surface area contributed by atoms with Crippen molar-refractivity contribution in [1.82, 2.24) is 25.4 Å². The fourth-order valence-electron chi connectivity index (χ4n) is 2.21. The Morgan fingerprint density at radius 1 is 1.23 bits per heavy atom. The predicted molar refractivity (Wildman–Crippen MR) is 99.6 cm³/mol. The van der Waals surface area contributed by atoms with Gasteiger partial charge >= 0.3 is 6.18 Å². The molecule has 0 saturated heterocycles. The molecule has 0 aliphatic carbocycles. The van der Waals surface area contributed by atoms with Gasteiger partial charge in [0.2, 0.25) is 0 Å². The molecule has 0 fully saturated rings. The maximum absolute atomic E-state index is 13.1. The highest BCUT2D eigenvalue weighted by Crippen LogP contribution is 2.32. The summed E-state index contributed by atoms with van der Waals surface area (Å²) in [7, 11) is 1.50. The van der Waals surface area contributed by atoms with Gasteiger partial charge in [-0.3, -0.25) is 4.99 Å². The summed E-state index contributed by atoms with van der Waals surface area (Å²) in [4.78, 5) is 3.95. The molecule has 0 unspecified atom stereocenters. The molecule has 0 saturated carbocycles. The van der Waals surface area contributed by atoms with Crippen LogP contribution in [0.3, 0.4) is 0 Å². The van der Waals surface area contributed by atoms with Gasteiger partial charge in [-0.15, -0.1) is 34.2 Å². The van der Waals surface area contributed by atoms with Crippen LogP contribution in [0.15, 0.2) is 29.5 Å². The number of alkyl halides is 3. The molecule has 2 N–H and O–H groups in total. The first-order valence-electron chi connectivity index (χ1n) is 7.52. The van der Waals surface area contributed by atoms with Gasteiger partial charge < -0.3 is 15.2 Å². The minimum Gasteiger partial charge on any atom is -0.352 e. The van der Waals surface area contributed by atoms with Gasteiger partial charge in [-0.05, 0) is 24.6 Å². The van der Waals surface area contributed by atoms with Gasteiger partial charge in [0.15, 0.2) is 11.8 Å². The first kappa shape index (κ1) is 22.1. The largest absolute Gasteiger partial charge is 0.416 e. The quantitative estimate of drug-likeness (QED) is 0.295. The molecule has 144 valence electrons. The fraction of sp³-hybridized carbons (Fsp3) is 0.400. The Bertz CT molecular complexity index is 744. The van der Waals surface area contributed by atoms with Crippen molar-refractivity contribution in [1.29, 1.82) is 0 Å². The van der Waals surface area contributed by atoms with Crippen molar-refractivity contribution in [3.8, 4) is 0 Å². The molecule has 2 aromatic rings. The average molecular weight is 486 g/mol. The number of hydrogen-bond acceptors (Lipinski definition) is 3. The number of halogens is 5. The number of nitrogens with zero attached hydrogens (tertiary/aromatic N) is 4. The summed E-state index contributed by atoms with van der Waals surface area (Å²) in [6.45, 7) is 2.78. The number of hydrogen-bond donors (Lipinski definition) is 2. The number of aliphatic imine (C=N–C) groups is 1. The second-order valence-corrected chi connectivity index (χ2v) is 5.11. The van der Waals surface area contributed by atoms with Crippen molar-refractivity contribution >= 4 is 29.9 Å². The third-order valence-electron chi connectivity index (χ3n) is 3.50. The van der Waals surface area contributed by atoms with E-state index < -0.39 is 17.6 Å². The number of rotatable bonds is 5. The van der Waals surface area contributed by atoms with Crippen LogP contribution in [0.25, 0.3) is 0 Å². The molecule has 0 bridgehead atoms. The minimum absolute atomic E-state index is 0. The SMILES string of the molecule is CCn1cnnc1CNC(=NC)NCc1ccc(F)cc1C(F)(F)F.I. The van der Waals surface area contributed by atoms with Crippen LogP contribution in [0.5, 0.6) is 0 Å². The Kier molecular flexibility index (Phi) is 8.24. The molecule has 1 aromatic carbocycles. The summed E-state index contributed by atoms with van der Waals surface area (Å²) in [5.74, 6) is 0.0313. The molecule has 0 atom stereocenters. The molecule has 2 rings (SSSR count). The molecule has 0 spiro atoms. The highest BCUT2D eigenvalue weighted by atomic mass is 127. The molecule has 0 amide bonds. The Morgan fingerprint density at radius 2 is 1.92 bits per heavy atom. The van der Waals surface area contributed by atoms with E-state index in [0.717, 1.165) is 12.1 Å². The summed E-state index contributed by atoms with van der Waals surface area (Å²) in [6.07, 6.45) is -3.05. The van der Waals surface area contributed by atoms with Crippen LogP contribution in [0, 0.1) is 5.82 Å².